The summed E-state index contributed by atoms with van der Waals surface area (Å²) in [6, 6.07) is 8.21. The topological polar surface area (TPSA) is 73.4 Å². The smallest absolute Gasteiger partial charge is 0.315 e. The minimum Gasteiger partial charge on any atom is -0.396 e. The van der Waals surface area contributed by atoms with Gasteiger partial charge in [0.1, 0.15) is 0 Å². The van der Waals surface area contributed by atoms with E-state index >= 15 is 0 Å². The summed E-state index contributed by atoms with van der Waals surface area (Å²) >= 11 is 0. The van der Waals surface area contributed by atoms with Crippen molar-refractivity contribution in [3.8, 4) is 0 Å². The van der Waals surface area contributed by atoms with E-state index in [4.69, 9.17) is 0 Å². The number of carbonyl (C=O) groups excluding carboxylic acids is 1. The highest BCUT2D eigenvalue weighted by Crippen LogP contribution is 2.44. The van der Waals surface area contributed by atoms with E-state index in [1.54, 1.807) is 0 Å². The molecule has 0 bridgehead atoms. The highest BCUT2D eigenvalue weighted by molar-refractivity contribution is 5.74. The van der Waals surface area contributed by atoms with Crippen LogP contribution in [0.1, 0.15) is 32.3 Å². The van der Waals surface area contributed by atoms with Gasteiger partial charge in [0.25, 0.3) is 0 Å². The summed E-state index contributed by atoms with van der Waals surface area (Å²) in [5, 5.41) is 18.2. The SMILES string of the molecule is CC(C)Nc1cccc(CNC(=O)NCC2(CO)CC2)c1. The third-order valence-corrected chi connectivity index (χ3v) is 3.75. The fourth-order valence-corrected chi connectivity index (χ4v) is 2.18. The monoisotopic (exact) mass is 291 g/mol. The van der Waals surface area contributed by atoms with Gasteiger partial charge in [-0.1, -0.05) is 12.1 Å². The number of amides is 2. The summed E-state index contributed by atoms with van der Waals surface area (Å²) in [5.41, 5.74) is 2.05. The Kier molecular flexibility index (Phi) is 5.07. The molecule has 2 rings (SSSR count). The van der Waals surface area contributed by atoms with Crippen LogP contribution in [0.5, 0.6) is 0 Å². The minimum absolute atomic E-state index is 0.0571. The average Bonchev–Trinajstić information content (AvgIpc) is 3.23. The Morgan fingerprint density at radius 1 is 1.33 bits per heavy atom. The standard InChI is InChI=1S/C16H25N3O2/c1-12(2)19-14-5-3-4-13(8-14)9-17-15(21)18-10-16(11-20)6-7-16/h3-5,8,12,19-20H,6-7,9-11H2,1-2H3,(H2,17,18,21). The van der Waals surface area contributed by atoms with E-state index < -0.39 is 0 Å². The number of aliphatic hydroxyl groups excluding tert-OH is 1. The second kappa shape index (κ2) is 6.80. The summed E-state index contributed by atoms with van der Waals surface area (Å²) < 4.78 is 0. The van der Waals surface area contributed by atoms with Crippen molar-refractivity contribution in [3.05, 3.63) is 29.8 Å². The highest BCUT2D eigenvalue weighted by atomic mass is 16.3. The maximum atomic E-state index is 11.7. The number of hydrogen-bond donors (Lipinski definition) is 4. The quantitative estimate of drug-likeness (QED) is 0.621. The zero-order chi connectivity index (χ0) is 15.3. The van der Waals surface area contributed by atoms with Gasteiger partial charge in [-0.2, -0.15) is 0 Å². The van der Waals surface area contributed by atoms with Crippen LogP contribution in [0, 0.1) is 5.41 Å². The van der Waals surface area contributed by atoms with E-state index in [2.05, 4.69) is 29.8 Å². The number of anilines is 1. The van der Waals surface area contributed by atoms with Gasteiger partial charge in [-0.05, 0) is 44.4 Å². The largest absolute Gasteiger partial charge is 0.396 e. The lowest BCUT2D eigenvalue weighted by Crippen LogP contribution is -2.39. The number of carbonyl (C=O) groups is 1. The van der Waals surface area contributed by atoms with Crippen molar-refractivity contribution in [3.63, 3.8) is 0 Å². The van der Waals surface area contributed by atoms with Gasteiger partial charge in [-0.25, -0.2) is 4.79 Å². The summed E-state index contributed by atoms with van der Waals surface area (Å²) in [4.78, 5) is 11.7. The molecule has 0 saturated heterocycles. The van der Waals surface area contributed by atoms with Crippen LogP contribution in [0.4, 0.5) is 10.5 Å². The van der Waals surface area contributed by atoms with Gasteiger partial charge in [0.2, 0.25) is 0 Å². The zero-order valence-electron chi connectivity index (χ0n) is 12.8. The first-order valence-corrected chi connectivity index (χ1v) is 7.51. The normalized spacial score (nSPS) is 15.6. The van der Waals surface area contributed by atoms with E-state index in [-0.39, 0.29) is 18.1 Å². The van der Waals surface area contributed by atoms with Gasteiger partial charge in [-0.15, -0.1) is 0 Å². The van der Waals surface area contributed by atoms with Crippen molar-refractivity contribution in [1.82, 2.24) is 10.6 Å². The lowest BCUT2D eigenvalue weighted by molar-refractivity contribution is 0.203. The molecule has 0 aromatic heterocycles. The van der Waals surface area contributed by atoms with E-state index in [0.717, 1.165) is 24.1 Å². The van der Waals surface area contributed by atoms with Crippen LogP contribution in [-0.2, 0) is 6.54 Å². The van der Waals surface area contributed by atoms with Gasteiger partial charge in [0.05, 0.1) is 6.61 Å². The lowest BCUT2D eigenvalue weighted by atomic mass is 10.1. The Hall–Kier alpha value is -1.75. The van der Waals surface area contributed by atoms with Crippen molar-refractivity contribution < 1.29 is 9.90 Å². The summed E-state index contributed by atoms with van der Waals surface area (Å²) in [6.07, 6.45) is 1.99. The van der Waals surface area contributed by atoms with Crippen LogP contribution in [-0.4, -0.2) is 30.3 Å². The Labute approximate surface area is 126 Å². The summed E-state index contributed by atoms with van der Waals surface area (Å²) in [7, 11) is 0. The molecule has 1 aliphatic carbocycles. The first kappa shape index (κ1) is 15.6. The molecule has 4 N–H and O–H groups in total. The Bertz CT molecular complexity index is 484. The third kappa shape index (κ3) is 4.93. The number of urea groups is 1. The molecule has 2 amide bonds. The van der Waals surface area contributed by atoms with Gasteiger partial charge < -0.3 is 21.1 Å². The predicted molar refractivity (Wildman–Crippen MR) is 84.2 cm³/mol. The summed E-state index contributed by atoms with van der Waals surface area (Å²) in [6.45, 7) is 5.37. The third-order valence-electron chi connectivity index (χ3n) is 3.75. The Balaban J connectivity index is 1.75. The molecule has 0 heterocycles. The Morgan fingerprint density at radius 3 is 2.71 bits per heavy atom. The van der Waals surface area contributed by atoms with Crippen molar-refractivity contribution >= 4 is 11.7 Å². The molecular weight excluding hydrogens is 266 g/mol. The first-order valence-electron chi connectivity index (χ1n) is 7.51. The molecule has 116 valence electrons. The molecule has 0 spiro atoms. The lowest BCUT2D eigenvalue weighted by Gasteiger charge is -2.14. The van der Waals surface area contributed by atoms with E-state index in [1.807, 2.05) is 24.3 Å². The number of hydrogen-bond acceptors (Lipinski definition) is 3. The number of aliphatic hydroxyl groups is 1. The van der Waals surface area contributed by atoms with Gasteiger partial charge in [0.15, 0.2) is 0 Å². The zero-order valence-corrected chi connectivity index (χ0v) is 12.8. The highest BCUT2D eigenvalue weighted by Gasteiger charge is 2.42. The van der Waals surface area contributed by atoms with Crippen molar-refractivity contribution in [2.45, 2.75) is 39.3 Å². The van der Waals surface area contributed by atoms with Crippen molar-refractivity contribution in [2.24, 2.45) is 5.41 Å². The molecule has 5 heteroatoms. The molecule has 1 fully saturated rings. The maximum Gasteiger partial charge on any atom is 0.315 e. The van der Waals surface area contributed by atoms with Crippen LogP contribution >= 0.6 is 0 Å². The first-order chi connectivity index (χ1) is 10.0. The molecule has 0 unspecified atom stereocenters. The fourth-order valence-electron chi connectivity index (χ4n) is 2.18. The molecule has 0 atom stereocenters. The molecule has 5 nitrogen and oxygen atoms in total. The number of rotatable bonds is 7. The van der Waals surface area contributed by atoms with Crippen molar-refractivity contribution in [1.29, 1.82) is 0 Å². The van der Waals surface area contributed by atoms with Crippen LogP contribution in [0.2, 0.25) is 0 Å². The van der Waals surface area contributed by atoms with Crippen molar-refractivity contribution in [2.75, 3.05) is 18.5 Å². The molecular formula is C16H25N3O2. The van der Waals surface area contributed by atoms with Crippen LogP contribution in [0.25, 0.3) is 0 Å². The predicted octanol–water partition coefficient (Wildman–Crippen LogP) is 2.08. The number of benzene rings is 1. The fraction of sp³-hybridized carbons (Fsp3) is 0.562. The molecule has 1 aromatic rings. The van der Waals surface area contributed by atoms with Crippen LogP contribution in [0.3, 0.4) is 0 Å². The molecule has 0 radical (unpaired) electrons. The van der Waals surface area contributed by atoms with Crippen LogP contribution in [0.15, 0.2) is 24.3 Å². The molecule has 1 aromatic carbocycles. The molecule has 0 aliphatic heterocycles. The minimum atomic E-state index is -0.183. The van der Waals surface area contributed by atoms with E-state index in [0.29, 0.717) is 19.1 Å². The average molecular weight is 291 g/mol. The molecule has 1 saturated carbocycles. The summed E-state index contributed by atoms with van der Waals surface area (Å²) in [5.74, 6) is 0. The molecule has 21 heavy (non-hydrogen) atoms. The second-order valence-corrected chi connectivity index (χ2v) is 6.19. The number of nitrogens with one attached hydrogen (secondary N) is 3. The second-order valence-electron chi connectivity index (χ2n) is 6.19. The van der Waals surface area contributed by atoms with E-state index in [1.165, 1.54) is 0 Å². The van der Waals surface area contributed by atoms with Gasteiger partial charge >= 0.3 is 6.03 Å². The van der Waals surface area contributed by atoms with Gasteiger partial charge in [0, 0.05) is 30.2 Å². The maximum absolute atomic E-state index is 11.7. The molecule has 1 aliphatic rings. The van der Waals surface area contributed by atoms with Crippen LogP contribution < -0.4 is 16.0 Å². The Morgan fingerprint density at radius 2 is 2.10 bits per heavy atom. The van der Waals surface area contributed by atoms with E-state index in [9.17, 15) is 9.90 Å². The van der Waals surface area contributed by atoms with Gasteiger partial charge in [-0.3, -0.25) is 0 Å².